The topological polar surface area (TPSA) is 36.4 Å². The maximum atomic E-state index is 12.5. The summed E-state index contributed by atoms with van der Waals surface area (Å²) in [5.41, 5.74) is 1.30. The molecule has 1 aromatic rings. The third kappa shape index (κ3) is 5.06. The lowest BCUT2D eigenvalue weighted by atomic mass is 10.1. The summed E-state index contributed by atoms with van der Waals surface area (Å²) in [5, 5.41) is 9.17. The number of hydrogen-bond acceptors (Lipinski definition) is 3. The Morgan fingerprint density at radius 2 is 1.95 bits per heavy atom. The minimum atomic E-state index is -4.27. The van der Waals surface area contributed by atoms with E-state index in [4.69, 9.17) is 0 Å². The quantitative estimate of drug-likeness (QED) is 0.868. The molecule has 1 rings (SSSR count). The molecular formula is C13H19F3N2O. The van der Waals surface area contributed by atoms with E-state index in [1.54, 1.807) is 13.0 Å². The van der Waals surface area contributed by atoms with Gasteiger partial charge in [-0.1, -0.05) is 13.3 Å². The Hall–Kier alpha value is -1.30. The number of rotatable bonds is 6. The van der Waals surface area contributed by atoms with E-state index in [2.05, 4.69) is 4.98 Å². The number of anilines is 1. The molecular weight excluding hydrogens is 257 g/mol. The van der Waals surface area contributed by atoms with E-state index >= 15 is 0 Å². The second kappa shape index (κ2) is 6.75. The van der Waals surface area contributed by atoms with E-state index in [1.165, 1.54) is 11.0 Å². The van der Waals surface area contributed by atoms with Crippen molar-refractivity contribution in [3.8, 4) is 0 Å². The first-order valence-electron chi connectivity index (χ1n) is 6.32. The van der Waals surface area contributed by atoms with E-state index in [9.17, 15) is 18.3 Å². The smallest absolute Gasteiger partial charge is 0.392 e. The Kier molecular flexibility index (Phi) is 5.60. The van der Waals surface area contributed by atoms with Gasteiger partial charge in [0.15, 0.2) is 0 Å². The lowest BCUT2D eigenvalue weighted by molar-refractivity contribution is -0.119. The zero-order chi connectivity index (χ0) is 14.5. The number of halogens is 3. The molecule has 0 atom stereocenters. The molecule has 0 aromatic carbocycles. The number of nitrogens with zero attached hydrogens (tertiary/aromatic N) is 2. The average Bonchev–Trinajstić information content (AvgIpc) is 2.34. The van der Waals surface area contributed by atoms with Gasteiger partial charge in [0.05, 0.1) is 6.61 Å². The van der Waals surface area contributed by atoms with Gasteiger partial charge in [-0.05, 0) is 31.0 Å². The van der Waals surface area contributed by atoms with Crippen LogP contribution in [-0.4, -0.2) is 29.4 Å². The monoisotopic (exact) mass is 276 g/mol. The first-order valence-corrected chi connectivity index (χ1v) is 6.32. The number of aryl methyl sites for hydroxylation is 1. The minimum Gasteiger partial charge on any atom is -0.392 e. The van der Waals surface area contributed by atoms with Crippen molar-refractivity contribution in [2.45, 2.75) is 39.5 Å². The first kappa shape index (κ1) is 15.8. The Bertz CT molecular complexity index is 407. The van der Waals surface area contributed by atoms with Crippen LogP contribution in [0, 0.1) is 0 Å². The van der Waals surface area contributed by atoms with Crippen LogP contribution in [0.3, 0.4) is 0 Å². The van der Waals surface area contributed by atoms with Crippen molar-refractivity contribution in [1.29, 1.82) is 0 Å². The van der Waals surface area contributed by atoms with Crippen LogP contribution >= 0.6 is 0 Å². The van der Waals surface area contributed by atoms with Crippen molar-refractivity contribution >= 4 is 5.82 Å². The normalized spacial score (nSPS) is 11.7. The average molecular weight is 276 g/mol. The van der Waals surface area contributed by atoms with Gasteiger partial charge < -0.3 is 10.0 Å². The fourth-order valence-electron chi connectivity index (χ4n) is 1.84. The fraction of sp³-hybridized carbons (Fsp3) is 0.615. The molecule has 0 bridgehead atoms. The van der Waals surface area contributed by atoms with Crippen LogP contribution in [0.25, 0.3) is 0 Å². The molecule has 108 valence electrons. The Morgan fingerprint density at radius 1 is 1.26 bits per heavy atom. The van der Waals surface area contributed by atoms with Gasteiger partial charge in [0.1, 0.15) is 12.4 Å². The van der Waals surface area contributed by atoms with Gasteiger partial charge in [-0.15, -0.1) is 0 Å². The van der Waals surface area contributed by atoms with E-state index in [0.29, 0.717) is 17.7 Å². The van der Waals surface area contributed by atoms with Gasteiger partial charge in [0, 0.05) is 12.2 Å². The SMILES string of the molecule is CCCc1cc(CO)cc(N(CC)CC(F)(F)F)n1. The van der Waals surface area contributed by atoms with Crippen molar-refractivity contribution in [3.05, 3.63) is 23.4 Å². The summed E-state index contributed by atoms with van der Waals surface area (Å²) in [6.07, 6.45) is -2.73. The Labute approximate surface area is 111 Å². The third-order valence-corrected chi connectivity index (χ3v) is 2.69. The number of aromatic nitrogens is 1. The first-order chi connectivity index (χ1) is 8.89. The van der Waals surface area contributed by atoms with E-state index < -0.39 is 12.7 Å². The fourth-order valence-corrected chi connectivity index (χ4v) is 1.84. The van der Waals surface area contributed by atoms with E-state index in [1.807, 2.05) is 6.92 Å². The van der Waals surface area contributed by atoms with Crippen molar-refractivity contribution in [2.24, 2.45) is 0 Å². The Morgan fingerprint density at radius 3 is 2.42 bits per heavy atom. The van der Waals surface area contributed by atoms with Crippen LogP contribution < -0.4 is 4.90 Å². The summed E-state index contributed by atoms with van der Waals surface area (Å²) in [6, 6.07) is 3.24. The van der Waals surface area contributed by atoms with Crippen LogP contribution in [0.4, 0.5) is 19.0 Å². The molecule has 6 heteroatoms. The third-order valence-electron chi connectivity index (χ3n) is 2.69. The lowest BCUT2D eigenvalue weighted by Crippen LogP contribution is -2.34. The summed E-state index contributed by atoms with van der Waals surface area (Å²) >= 11 is 0. The lowest BCUT2D eigenvalue weighted by Gasteiger charge is -2.24. The second-order valence-corrected chi connectivity index (χ2v) is 4.36. The number of aliphatic hydroxyl groups excluding tert-OH is 1. The van der Waals surface area contributed by atoms with Crippen molar-refractivity contribution in [1.82, 2.24) is 4.98 Å². The van der Waals surface area contributed by atoms with Gasteiger partial charge >= 0.3 is 6.18 Å². The molecule has 0 fully saturated rings. The molecule has 1 aromatic heterocycles. The summed E-state index contributed by atoms with van der Waals surface area (Å²) in [6.45, 7) is 2.61. The molecule has 0 aliphatic heterocycles. The highest BCUT2D eigenvalue weighted by Crippen LogP contribution is 2.22. The van der Waals surface area contributed by atoms with Crippen molar-refractivity contribution in [3.63, 3.8) is 0 Å². The van der Waals surface area contributed by atoms with Crippen LogP contribution in [-0.2, 0) is 13.0 Å². The Balaban J connectivity index is 3.04. The summed E-state index contributed by atoms with van der Waals surface area (Å²) in [4.78, 5) is 5.41. The van der Waals surface area contributed by atoms with Gasteiger partial charge in [-0.2, -0.15) is 13.2 Å². The molecule has 0 radical (unpaired) electrons. The number of hydrogen-bond donors (Lipinski definition) is 1. The standard InChI is InChI=1S/C13H19F3N2O/c1-3-5-11-6-10(8-19)7-12(17-11)18(4-2)9-13(14,15)16/h6-7,19H,3-5,8-9H2,1-2H3. The molecule has 0 saturated carbocycles. The highest BCUT2D eigenvalue weighted by molar-refractivity contribution is 5.43. The zero-order valence-corrected chi connectivity index (χ0v) is 11.2. The molecule has 19 heavy (non-hydrogen) atoms. The van der Waals surface area contributed by atoms with Crippen LogP contribution in [0.1, 0.15) is 31.5 Å². The molecule has 0 aliphatic rings. The maximum Gasteiger partial charge on any atom is 0.405 e. The number of pyridine rings is 1. The minimum absolute atomic E-state index is 0.199. The maximum absolute atomic E-state index is 12.5. The van der Waals surface area contributed by atoms with E-state index in [-0.39, 0.29) is 19.0 Å². The van der Waals surface area contributed by atoms with Gasteiger partial charge in [0.2, 0.25) is 0 Å². The molecule has 0 spiro atoms. The van der Waals surface area contributed by atoms with E-state index in [0.717, 1.165) is 6.42 Å². The molecule has 1 N–H and O–H groups in total. The van der Waals surface area contributed by atoms with Crippen LogP contribution in [0.5, 0.6) is 0 Å². The molecule has 0 saturated heterocycles. The molecule has 0 aliphatic carbocycles. The molecule has 3 nitrogen and oxygen atoms in total. The predicted molar refractivity (Wildman–Crippen MR) is 68.1 cm³/mol. The predicted octanol–water partition coefficient (Wildman–Crippen LogP) is 2.92. The molecule has 1 heterocycles. The summed E-state index contributed by atoms with van der Waals surface area (Å²) < 4.78 is 37.5. The van der Waals surface area contributed by atoms with Gasteiger partial charge in [-0.3, -0.25) is 0 Å². The largest absolute Gasteiger partial charge is 0.405 e. The zero-order valence-electron chi connectivity index (χ0n) is 11.2. The second-order valence-electron chi connectivity index (χ2n) is 4.36. The number of aliphatic hydroxyl groups is 1. The summed E-state index contributed by atoms with van der Waals surface area (Å²) in [5.74, 6) is 0.273. The molecule has 0 amide bonds. The van der Waals surface area contributed by atoms with Crippen molar-refractivity contribution < 1.29 is 18.3 Å². The van der Waals surface area contributed by atoms with Crippen molar-refractivity contribution in [2.75, 3.05) is 18.0 Å². The molecule has 0 unspecified atom stereocenters. The number of alkyl halides is 3. The van der Waals surface area contributed by atoms with Gasteiger partial charge in [0.25, 0.3) is 0 Å². The highest BCUT2D eigenvalue weighted by Gasteiger charge is 2.30. The van der Waals surface area contributed by atoms with Crippen LogP contribution in [0.15, 0.2) is 12.1 Å². The summed E-state index contributed by atoms with van der Waals surface area (Å²) in [7, 11) is 0. The van der Waals surface area contributed by atoms with Gasteiger partial charge in [-0.25, -0.2) is 4.98 Å². The van der Waals surface area contributed by atoms with Crippen LogP contribution in [0.2, 0.25) is 0 Å². The highest BCUT2D eigenvalue weighted by atomic mass is 19.4.